The smallest absolute Gasteiger partial charge is 0.0347 e. The average Bonchev–Trinajstić information content (AvgIpc) is 2.75. The van der Waals surface area contributed by atoms with Crippen LogP contribution in [0.15, 0.2) is 118 Å². The normalized spacial score (nSPS) is 13.9. The second-order valence-electron chi connectivity index (χ2n) is 6.48. The first-order valence-corrected chi connectivity index (χ1v) is 12.2. The van der Waals surface area contributed by atoms with Gasteiger partial charge in [-0.15, -0.1) is 0 Å². The molecule has 0 saturated carbocycles. The quantitative estimate of drug-likeness (QED) is 0.257. The average molecular weight is 430 g/mol. The second-order valence-corrected chi connectivity index (χ2v) is 10.8. The summed E-state index contributed by atoms with van der Waals surface area (Å²) in [5, 5.41) is 0. The third-order valence-corrected chi connectivity index (χ3v) is 9.94. The zero-order chi connectivity index (χ0) is 18.5. The molecule has 0 aliphatic carbocycles. The first-order chi connectivity index (χ1) is 13.9. The van der Waals surface area contributed by atoms with E-state index in [0.717, 1.165) is 0 Å². The van der Waals surface area contributed by atoms with Crippen LogP contribution in [0.5, 0.6) is 0 Å². The van der Waals surface area contributed by atoms with E-state index < -0.39 is 0 Å². The summed E-state index contributed by atoms with van der Waals surface area (Å²) < 4.78 is 0. The minimum atomic E-state index is 1.22. The molecule has 2 heterocycles. The molecule has 4 aromatic rings. The van der Waals surface area contributed by atoms with Gasteiger partial charge < -0.3 is 0 Å². The summed E-state index contributed by atoms with van der Waals surface area (Å²) in [5.41, 5.74) is 2.50. The van der Waals surface area contributed by atoms with Gasteiger partial charge in [0.05, 0.1) is 0 Å². The minimum Gasteiger partial charge on any atom is -0.0877 e. The van der Waals surface area contributed by atoms with Crippen LogP contribution in [-0.2, 0) is 0 Å². The molecule has 6 rings (SSSR count). The Morgan fingerprint density at radius 2 is 1.00 bits per heavy atom. The van der Waals surface area contributed by atoms with Gasteiger partial charge in [0.15, 0.2) is 0 Å². The van der Waals surface area contributed by atoms with Crippen molar-refractivity contribution in [3.8, 4) is 11.1 Å². The van der Waals surface area contributed by atoms with Gasteiger partial charge in [0.25, 0.3) is 0 Å². The van der Waals surface area contributed by atoms with E-state index >= 15 is 0 Å². The van der Waals surface area contributed by atoms with E-state index in [1.807, 2.05) is 47.0 Å². The van der Waals surface area contributed by atoms with Crippen LogP contribution in [0.2, 0.25) is 0 Å². The first-order valence-electron chi connectivity index (χ1n) is 8.94. The lowest BCUT2D eigenvalue weighted by Gasteiger charge is -2.24. The number of hydrogen-bond acceptors (Lipinski definition) is 4. The van der Waals surface area contributed by atoms with E-state index in [2.05, 4.69) is 84.9 Å². The molecule has 2 aliphatic rings. The Morgan fingerprint density at radius 1 is 0.464 bits per heavy atom. The van der Waals surface area contributed by atoms with E-state index in [1.165, 1.54) is 50.3 Å². The van der Waals surface area contributed by atoms with Crippen LogP contribution in [0.4, 0.5) is 0 Å². The van der Waals surface area contributed by atoms with Crippen LogP contribution >= 0.6 is 47.0 Å². The molecule has 0 saturated heterocycles. The van der Waals surface area contributed by atoms with Crippen LogP contribution in [0.1, 0.15) is 0 Å². The fourth-order valence-electron chi connectivity index (χ4n) is 3.44. The lowest BCUT2D eigenvalue weighted by molar-refractivity contribution is 1.13. The second kappa shape index (κ2) is 6.96. The molecule has 0 unspecified atom stereocenters. The van der Waals surface area contributed by atoms with Gasteiger partial charge in [-0.1, -0.05) is 89.5 Å². The topological polar surface area (TPSA) is 0 Å². The van der Waals surface area contributed by atoms with E-state index in [0.29, 0.717) is 0 Å². The molecule has 4 aromatic carbocycles. The van der Waals surface area contributed by atoms with Gasteiger partial charge >= 0.3 is 0 Å². The number of benzene rings is 4. The zero-order valence-electron chi connectivity index (χ0n) is 14.6. The Balaban J connectivity index is 1.50. The maximum absolute atomic E-state index is 3.56. The Kier molecular flexibility index (Phi) is 4.27. The molecule has 0 atom stereocenters. The largest absolute Gasteiger partial charge is 0.0877 e. The van der Waals surface area contributed by atoms with Crippen molar-refractivity contribution in [3.05, 3.63) is 84.9 Å². The van der Waals surface area contributed by atoms with E-state index in [-0.39, 0.29) is 0 Å². The van der Waals surface area contributed by atoms with Gasteiger partial charge in [-0.25, -0.2) is 0 Å². The lowest BCUT2D eigenvalue weighted by Crippen LogP contribution is -1.96. The summed E-state index contributed by atoms with van der Waals surface area (Å²) in [6, 6.07) is 31.8. The number of rotatable bonds is 1. The summed E-state index contributed by atoms with van der Waals surface area (Å²) in [5.74, 6) is 0. The van der Waals surface area contributed by atoms with E-state index in [4.69, 9.17) is 0 Å². The van der Waals surface area contributed by atoms with Crippen LogP contribution in [0.3, 0.4) is 0 Å². The van der Waals surface area contributed by atoms with Crippen molar-refractivity contribution >= 4 is 47.0 Å². The van der Waals surface area contributed by atoms with Crippen LogP contribution in [0.25, 0.3) is 11.1 Å². The predicted molar refractivity (Wildman–Crippen MR) is 120 cm³/mol. The molecule has 133 valence electrons. The van der Waals surface area contributed by atoms with Crippen LogP contribution in [0, 0.1) is 6.07 Å². The molecule has 0 fully saturated rings. The summed E-state index contributed by atoms with van der Waals surface area (Å²) in [6.07, 6.45) is 0. The van der Waals surface area contributed by atoms with Crippen molar-refractivity contribution in [3.63, 3.8) is 0 Å². The summed E-state index contributed by atoms with van der Waals surface area (Å²) in [7, 11) is 0. The van der Waals surface area contributed by atoms with Crippen molar-refractivity contribution in [2.75, 3.05) is 0 Å². The first kappa shape index (κ1) is 17.2. The van der Waals surface area contributed by atoms with Crippen molar-refractivity contribution in [2.24, 2.45) is 0 Å². The molecule has 0 N–H and O–H groups in total. The Morgan fingerprint density at radius 3 is 1.68 bits per heavy atom. The highest BCUT2D eigenvalue weighted by atomic mass is 32.2. The maximum Gasteiger partial charge on any atom is 0.0347 e. The summed E-state index contributed by atoms with van der Waals surface area (Å²) >= 11 is 7.49. The molecule has 0 aromatic heterocycles. The zero-order valence-corrected chi connectivity index (χ0v) is 17.9. The highest BCUT2D eigenvalue weighted by Gasteiger charge is 2.24. The molecular formula is C24H13S4. The predicted octanol–water partition coefficient (Wildman–Crippen LogP) is 8.39. The number of hydrogen-bond donors (Lipinski definition) is 0. The monoisotopic (exact) mass is 429 g/mol. The van der Waals surface area contributed by atoms with Gasteiger partial charge in [-0.3, -0.25) is 0 Å². The molecule has 28 heavy (non-hydrogen) atoms. The lowest BCUT2D eigenvalue weighted by atomic mass is 10.1. The Hall–Kier alpha value is -1.72. The van der Waals surface area contributed by atoms with Gasteiger partial charge in [0.1, 0.15) is 0 Å². The summed E-state index contributed by atoms with van der Waals surface area (Å²) in [4.78, 5) is 10.7. The van der Waals surface area contributed by atoms with Gasteiger partial charge in [-0.2, -0.15) is 0 Å². The Labute approximate surface area is 181 Å². The fourth-order valence-corrected chi connectivity index (χ4v) is 8.18. The standard InChI is InChI=1S/C24H13S4/c1-3-11-19-17(9-1)25-21-13-5-7-15(23(21)27-19)16-8-6-14-22-24(16)28-20-12-4-2-10-18(20)26-22/h1-7,9-14H. The molecule has 0 amide bonds. The van der Waals surface area contributed by atoms with Crippen LogP contribution < -0.4 is 0 Å². The highest BCUT2D eigenvalue weighted by molar-refractivity contribution is 8.05. The van der Waals surface area contributed by atoms with Gasteiger partial charge in [-0.05, 0) is 48.0 Å². The molecule has 1 radical (unpaired) electrons. The highest BCUT2D eigenvalue weighted by Crippen LogP contribution is 2.55. The molecule has 2 aliphatic heterocycles. The van der Waals surface area contributed by atoms with Crippen LogP contribution in [-0.4, -0.2) is 0 Å². The maximum atomic E-state index is 3.56. The SMILES string of the molecule is [c]1ccc2c(c1-c1cccc3c1Sc1ccccc1S3)Sc1ccccc1S2. The molecule has 0 nitrogen and oxygen atoms in total. The third kappa shape index (κ3) is 2.82. The van der Waals surface area contributed by atoms with Gasteiger partial charge in [0.2, 0.25) is 0 Å². The van der Waals surface area contributed by atoms with Crippen molar-refractivity contribution in [2.45, 2.75) is 39.2 Å². The van der Waals surface area contributed by atoms with E-state index in [1.54, 1.807) is 0 Å². The molecule has 4 heteroatoms. The Bertz CT molecular complexity index is 1130. The summed E-state index contributed by atoms with van der Waals surface area (Å²) in [6.45, 7) is 0. The molecular weight excluding hydrogens is 417 g/mol. The minimum absolute atomic E-state index is 1.22. The molecule has 0 bridgehead atoms. The van der Waals surface area contributed by atoms with Crippen molar-refractivity contribution in [1.29, 1.82) is 0 Å². The fraction of sp³-hybridized carbons (Fsp3) is 0. The van der Waals surface area contributed by atoms with E-state index in [9.17, 15) is 0 Å². The van der Waals surface area contributed by atoms with Gasteiger partial charge in [0, 0.05) is 44.7 Å². The molecule has 0 spiro atoms. The third-order valence-electron chi connectivity index (χ3n) is 4.72. The number of fused-ring (bicyclic) bond motifs is 4. The van der Waals surface area contributed by atoms with Crippen molar-refractivity contribution in [1.82, 2.24) is 0 Å². The van der Waals surface area contributed by atoms with Crippen molar-refractivity contribution < 1.29 is 0 Å².